The lowest BCUT2D eigenvalue weighted by molar-refractivity contribution is -0.128. The van der Waals surface area contributed by atoms with Gasteiger partial charge in [-0.25, -0.2) is 23.1 Å². The van der Waals surface area contributed by atoms with Crippen molar-refractivity contribution < 1.29 is 23.1 Å². The molecule has 2 aliphatic rings. The molecule has 1 aromatic carbocycles. The van der Waals surface area contributed by atoms with Gasteiger partial charge in [-0.05, 0) is 51.4 Å². The van der Waals surface area contributed by atoms with Crippen LogP contribution in [0.15, 0.2) is 18.3 Å². The summed E-state index contributed by atoms with van der Waals surface area (Å²) < 4.78 is 44.2. The Morgan fingerprint density at radius 1 is 1.14 bits per heavy atom. The Balaban J connectivity index is 1.52. The number of rotatable bonds is 6. The van der Waals surface area contributed by atoms with Crippen molar-refractivity contribution in [2.75, 3.05) is 10.6 Å². The van der Waals surface area contributed by atoms with Crippen LogP contribution in [0.25, 0.3) is 11.2 Å². The van der Waals surface area contributed by atoms with Gasteiger partial charge in [-0.3, -0.25) is 9.36 Å². The summed E-state index contributed by atoms with van der Waals surface area (Å²) in [7, 11) is 0. The van der Waals surface area contributed by atoms with Crippen LogP contribution >= 0.6 is 0 Å². The summed E-state index contributed by atoms with van der Waals surface area (Å²) in [6.07, 6.45) is 6.46. The number of carbonyl (C=O) groups is 1. The minimum Gasteiger partial charge on any atom is -0.393 e. The number of carbonyl (C=O) groups excluding carboxylic acids is 1. The molecule has 3 aromatic rings. The summed E-state index contributed by atoms with van der Waals surface area (Å²) in [4.78, 5) is 25.5. The third-order valence-corrected chi connectivity index (χ3v) is 7.67. The normalized spacial score (nSPS) is 26.2. The molecule has 2 aliphatic carbocycles. The van der Waals surface area contributed by atoms with Gasteiger partial charge in [0.25, 0.3) is 0 Å². The number of fused-ring (bicyclic) bond motifs is 1. The van der Waals surface area contributed by atoms with E-state index in [9.17, 15) is 23.1 Å². The molecule has 0 aliphatic heterocycles. The van der Waals surface area contributed by atoms with Gasteiger partial charge in [0.2, 0.25) is 17.8 Å². The second kappa shape index (κ2) is 9.81. The van der Waals surface area contributed by atoms with E-state index in [1.165, 1.54) is 6.20 Å². The number of nitrogens with two attached hydrogens (primary N) is 1. The number of benzene rings is 1. The summed E-state index contributed by atoms with van der Waals surface area (Å²) >= 11 is 0. The second-order valence-corrected chi connectivity index (χ2v) is 10.4. The lowest BCUT2D eigenvalue weighted by atomic mass is 9.73. The molecule has 9 nitrogen and oxygen atoms in total. The Bertz CT molecular complexity index is 1300. The molecule has 37 heavy (non-hydrogen) atoms. The van der Waals surface area contributed by atoms with Gasteiger partial charge in [0.05, 0.1) is 12.3 Å². The van der Waals surface area contributed by atoms with Crippen molar-refractivity contribution in [3.63, 3.8) is 0 Å². The predicted molar refractivity (Wildman–Crippen MR) is 132 cm³/mol. The molecule has 2 aromatic heterocycles. The van der Waals surface area contributed by atoms with Gasteiger partial charge in [-0.2, -0.15) is 4.98 Å². The maximum absolute atomic E-state index is 14.5. The minimum absolute atomic E-state index is 0.0172. The Kier molecular flexibility index (Phi) is 6.69. The molecule has 2 saturated carbocycles. The van der Waals surface area contributed by atoms with Crippen LogP contribution in [-0.2, 0) is 4.79 Å². The zero-order valence-electron chi connectivity index (χ0n) is 20.5. The van der Waals surface area contributed by atoms with Crippen LogP contribution in [-0.4, -0.2) is 42.7 Å². The number of hydrogen-bond acceptors (Lipinski definition) is 7. The molecule has 198 valence electrons. The highest BCUT2D eigenvalue weighted by Crippen LogP contribution is 2.43. The van der Waals surface area contributed by atoms with Crippen molar-refractivity contribution in [1.82, 2.24) is 19.5 Å². The molecule has 5 rings (SSSR count). The molecule has 2 atom stereocenters. The molecule has 0 unspecified atom stereocenters. The topological polar surface area (TPSA) is 131 Å². The lowest BCUT2D eigenvalue weighted by Gasteiger charge is -2.35. The summed E-state index contributed by atoms with van der Waals surface area (Å²) in [5, 5.41) is 16.0. The summed E-state index contributed by atoms with van der Waals surface area (Å²) in [5.41, 5.74) is 5.31. The molecule has 0 spiro atoms. The first-order valence-electron chi connectivity index (χ1n) is 12.5. The summed E-state index contributed by atoms with van der Waals surface area (Å²) in [6.45, 7) is 1.84. The fraction of sp³-hybridized carbons (Fsp3) is 0.520. The number of aromatic nitrogens is 4. The van der Waals surface area contributed by atoms with Gasteiger partial charge in [0.1, 0.15) is 17.0 Å². The smallest absolute Gasteiger partial charge is 0.224 e. The number of aliphatic hydroxyl groups is 1. The number of imidazole rings is 1. The average Bonchev–Trinajstić information content (AvgIpc) is 3.19. The first-order chi connectivity index (χ1) is 17.6. The van der Waals surface area contributed by atoms with Crippen LogP contribution in [0, 0.1) is 22.9 Å². The van der Waals surface area contributed by atoms with Crippen molar-refractivity contribution in [2.24, 2.45) is 11.1 Å². The Labute approximate surface area is 211 Å². The molecule has 1 amide bonds. The van der Waals surface area contributed by atoms with E-state index in [0.29, 0.717) is 61.3 Å². The van der Waals surface area contributed by atoms with E-state index >= 15 is 0 Å². The molecule has 12 heteroatoms. The van der Waals surface area contributed by atoms with Gasteiger partial charge in [0, 0.05) is 29.6 Å². The third kappa shape index (κ3) is 5.07. The number of primary amides is 1. The first kappa shape index (κ1) is 25.2. The number of halogens is 3. The van der Waals surface area contributed by atoms with Gasteiger partial charge in [0.15, 0.2) is 17.3 Å². The maximum atomic E-state index is 14.5. The van der Waals surface area contributed by atoms with E-state index < -0.39 is 28.6 Å². The standard InChI is InChI=1S/C25H30F3N7O2/c1-25(22(29)37)7-5-15(6-8-25)35-21-19(12-30-23(34-21)31-14-3-2-4-16(36)11-14)32-24(35)33-20-17(27)9-13(26)10-18(20)28/h9-10,12,14-16,36H,2-8,11H2,1H3,(H2,29,37)(H,32,33)(H,30,31,34)/t14-,15?,16-,25?/m0/s1. The highest BCUT2D eigenvalue weighted by molar-refractivity contribution is 5.80. The maximum Gasteiger partial charge on any atom is 0.224 e. The van der Waals surface area contributed by atoms with Crippen molar-refractivity contribution in [3.05, 3.63) is 35.8 Å². The van der Waals surface area contributed by atoms with Gasteiger partial charge >= 0.3 is 0 Å². The van der Waals surface area contributed by atoms with E-state index in [2.05, 4.69) is 25.6 Å². The summed E-state index contributed by atoms with van der Waals surface area (Å²) in [5.74, 6) is -3.08. The first-order valence-corrected chi connectivity index (χ1v) is 12.5. The van der Waals surface area contributed by atoms with Crippen LogP contribution in [0.3, 0.4) is 0 Å². The van der Waals surface area contributed by atoms with Gasteiger partial charge in [-0.15, -0.1) is 0 Å². The molecule has 0 radical (unpaired) electrons. The zero-order valence-corrected chi connectivity index (χ0v) is 20.5. The van der Waals surface area contributed by atoms with Crippen LogP contribution in [0.2, 0.25) is 0 Å². The average molecular weight is 518 g/mol. The van der Waals surface area contributed by atoms with Crippen LogP contribution in [0.5, 0.6) is 0 Å². The number of amides is 1. The number of nitrogens with zero attached hydrogens (tertiary/aromatic N) is 4. The Morgan fingerprint density at radius 3 is 2.49 bits per heavy atom. The van der Waals surface area contributed by atoms with Gasteiger partial charge in [-0.1, -0.05) is 6.92 Å². The van der Waals surface area contributed by atoms with E-state index in [0.717, 1.165) is 19.3 Å². The minimum atomic E-state index is -1.09. The Morgan fingerprint density at radius 2 is 1.84 bits per heavy atom. The lowest BCUT2D eigenvalue weighted by Crippen LogP contribution is -2.38. The van der Waals surface area contributed by atoms with E-state index in [-0.39, 0.29) is 30.0 Å². The number of hydrogen-bond donors (Lipinski definition) is 4. The SMILES string of the molecule is CC1(C(N)=O)CCC(n2c(Nc3c(F)cc(F)cc3F)nc3cnc(N[C@H]4CCC[C@H](O)C4)nc32)CC1. The Hall–Kier alpha value is -3.41. The molecule has 2 fully saturated rings. The van der Waals surface area contributed by atoms with Crippen molar-refractivity contribution in [3.8, 4) is 0 Å². The molecule has 0 saturated heterocycles. The quantitative estimate of drug-likeness (QED) is 0.383. The van der Waals surface area contributed by atoms with E-state index in [1.807, 2.05) is 6.92 Å². The molecule has 5 N–H and O–H groups in total. The largest absolute Gasteiger partial charge is 0.393 e. The van der Waals surface area contributed by atoms with Crippen molar-refractivity contribution in [1.29, 1.82) is 0 Å². The van der Waals surface area contributed by atoms with Crippen molar-refractivity contribution >= 4 is 34.7 Å². The highest BCUT2D eigenvalue weighted by Gasteiger charge is 2.38. The fourth-order valence-electron chi connectivity index (χ4n) is 5.39. The van der Waals surface area contributed by atoms with Crippen molar-refractivity contribution in [2.45, 2.75) is 76.5 Å². The van der Waals surface area contributed by atoms with Crippen LogP contribution < -0.4 is 16.4 Å². The number of anilines is 3. The third-order valence-electron chi connectivity index (χ3n) is 7.67. The van der Waals surface area contributed by atoms with Crippen LogP contribution in [0.4, 0.5) is 30.8 Å². The monoisotopic (exact) mass is 517 g/mol. The second-order valence-electron chi connectivity index (χ2n) is 10.4. The highest BCUT2D eigenvalue weighted by atomic mass is 19.1. The van der Waals surface area contributed by atoms with E-state index in [1.54, 1.807) is 4.57 Å². The molecule has 2 heterocycles. The molecular formula is C25H30F3N7O2. The number of aliphatic hydroxyl groups excluding tert-OH is 1. The van der Waals surface area contributed by atoms with Gasteiger partial charge < -0.3 is 21.5 Å². The fourth-order valence-corrected chi connectivity index (χ4v) is 5.39. The summed E-state index contributed by atoms with van der Waals surface area (Å²) in [6, 6.07) is 1.02. The molecule has 0 bridgehead atoms. The predicted octanol–water partition coefficient (Wildman–Crippen LogP) is 4.31. The van der Waals surface area contributed by atoms with E-state index in [4.69, 9.17) is 5.73 Å². The van der Waals surface area contributed by atoms with Crippen LogP contribution in [0.1, 0.15) is 64.3 Å². The molecular weight excluding hydrogens is 487 g/mol. The number of nitrogens with one attached hydrogen (secondary N) is 2. The zero-order chi connectivity index (χ0) is 26.3.